The third-order valence-corrected chi connectivity index (χ3v) is 11.2. The van der Waals surface area contributed by atoms with Crippen molar-refractivity contribution in [2.45, 2.75) is 192 Å². The fourth-order valence-corrected chi connectivity index (χ4v) is 8.16. The fraction of sp³-hybridized carbons (Fsp3) is 0.897. The number of nitrogens with zero attached hydrogens (tertiary/aromatic N) is 1. The summed E-state index contributed by atoms with van der Waals surface area (Å²) in [5, 5.41) is 11.8. The van der Waals surface area contributed by atoms with Crippen LogP contribution in [-0.2, 0) is 28.5 Å². The molecule has 0 aromatic heterocycles. The number of rotatable bonds is 23. The molecule has 0 aromatic carbocycles. The highest BCUT2D eigenvalue weighted by atomic mass is 16.6. The molecule has 3 saturated carbocycles. The van der Waals surface area contributed by atoms with Crippen molar-refractivity contribution in [3.8, 4) is 0 Å². The maximum atomic E-state index is 13.1. The molecule has 0 amide bonds. The molecular weight excluding hydrogens is 610 g/mol. The number of carbonyl (C=O) groups is 2. The first-order valence-electron chi connectivity index (χ1n) is 19.7. The first-order valence-corrected chi connectivity index (χ1v) is 19.7. The van der Waals surface area contributed by atoms with Crippen molar-refractivity contribution in [3.05, 3.63) is 22.8 Å². The number of nitro groups is 1. The number of ether oxygens (including phenoxy) is 4. The van der Waals surface area contributed by atoms with E-state index in [1.165, 1.54) is 57.4 Å². The molecule has 3 aliphatic rings. The van der Waals surface area contributed by atoms with E-state index in [1.807, 2.05) is 6.92 Å². The number of hydrogen-bond acceptors (Lipinski definition) is 8. The Bertz CT molecular complexity index is 927. The van der Waals surface area contributed by atoms with E-state index in [9.17, 15) is 19.7 Å². The third-order valence-electron chi connectivity index (χ3n) is 11.2. The van der Waals surface area contributed by atoms with Gasteiger partial charge in [-0.25, -0.2) is 4.79 Å². The molecule has 3 rings (SSSR count). The average molecular weight is 678 g/mol. The second kappa shape index (κ2) is 23.4. The van der Waals surface area contributed by atoms with Crippen molar-refractivity contribution in [2.24, 2.45) is 17.8 Å². The van der Waals surface area contributed by atoms with Crippen LogP contribution in [0.5, 0.6) is 0 Å². The monoisotopic (exact) mass is 677 g/mol. The van der Waals surface area contributed by atoms with Crippen molar-refractivity contribution in [3.63, 3.8) is 0 Å². The standard InChI is InChI=1S/C39H67NO8/c1-4-6-16-30(3)47-37-26-25-35(29-36(37)40(43)44)48-39(42)33-19-17-31(18-20-33)32-21-23-34(24-22-32)45-27-14-12-10-8-7-9-11-13-15-28-46-38(41)5-2/h5,30-37H,2,4,6-29H2,1,3H3/t30-,31?,32?,33?,34?,35?,36?,37?/m1/s1. The number of esters is 2. The fourth-order valence-electron chi connectivity index (χ4n) is 8.16. The predicted octanol–water partition coefficient (Wildman–Crippen LogP) is 9.31. The second-order valence-corrected chi connectivity index (χ2v) is 14.9. The Morgan fingerprint density at radius 1 is 0.792 bits per heavy atom. The Balaban J connectivity index is 1.19. The summed E-state index contributed by atoms with van der Waals surface area (Å²) in [6.07, 6.45) is 24.8. The minimum absolute atomic E-state index is 0.0115. The first-order chi connectivity index (χ1) is 23.3. The summed E-state index contributed by atoms with van der Waals surface area (Å²) >= 11 is 0. The smallest absolute Gasteiger partial charge is 0.330 e. The van der Waals surface area contributed by atoms with Gasteiger partial charge in [0.15, 0.2) is 0 Å². The summed E-state index contributed by atoms with van der Waals surface area (Å²) in [4.78, 5) is 35.7. The highest BCUT2D eigenvalue weighted by molar-refractivity contribution is 5.81. The molecule has 0 N–H and O–H groups in total. The van der Waals surface area contributed by atoms with Crippen LogP contribution in [0, 0.1) is 27.9 Å². The topological polar surface area (TPSA) is 114 Å². The van der Waals surface area contributed by atoms with E-state index in [0.29, 0.717) is 31.5 Å². The van der Waals surface area contributed by atoms with Crippen LogP contribution in [0.2, 0.25) is 0 Å². The molecule has 0 aromatic rings. The third kappa shape index (κ3) is 15.3. The minimum atomic E-state index is -0.809. The van der Waals surface area contributed by atoms with Crippen LogP contribution < -0.4 is 0 Å². The molecule has 3 fully saturated rings. The van der Waals surface area contributed by atoms with E-state index >= 15 is 0 Å². The van der Waals surface area contributed by atoms with Gasteiger partial charge in [-0.05, 0) is 102 Å². The van der Waals surface area contributed by atoms with Gasteiger partial charge in [-0.1, -0.05) is 71.3 Å². The summed E-state index contributed by atoms with van der Waals surface area (Å²) in [7, 11) is 0. The summed E-state index contributed by atoms with van der Waals surface area (Å²) in [6.45, 7) is 8.91. The van der Waals surface area contributed by atoms with Crippen LogP contribution >= 0.6 is 0 Å². The van der Waals surface area contributed by atoms with Gasteiger partial charge in [0.05, 0.1) is 31.2 Å². The molecule has 0 radical (unpaired) electrons. The lowest BCUT2D eigenvalue weighted by Crippen LogP contribution is -2.45. The van der Waals surface area contributed by atoms with Gasteiger partial charge in [0.1, 0.15) is 12.2 Å². The average Bonchev–Trinajstić information content (AvgIpc) is 3.10. The lowest BCUT2D eigenvalue weighted by atomic mass is 9.70. The Morgan fingerprint density at radius 2 is 1.35 bits per heavy atom. The molecule has 0 spiro atoms. The quantitative estimate of drug-likeness (QED) is 0.0346. The first kappa shape index (κ1) is 40.4. The van der Waals surface area contributed by atoms with Gasteiger partial charge in [0.25, 0.3) is 0 Å². The Labute approximate surface area is 290 Å². The van der Waals surface area contributed by atoms with Crippen molar-refractivity contribution < 1.29 is 33.5 Å². The normalized spacial score (nSPS) is 28.3. The van der Waals surface area contributed by atoms with Crippen LogP contribution in [0.4, 0.5) is 0 Å². The molecule has 9 nitrogen and oxygen atoms in total. The molecule has 48 heavy (non-hydrogen) atoms. The Kier molecular flexibility index (Phi) is 19.7. The van der Waals surface area contributed by atoms with Crippen molar-refractivity contribution in [1.82, 2.24) is 0 Å². The SMILES string of the molecule is C=CC(=O)OCCCCCCCCCCCOC1CCC(C2CCC(C(=O)OC3CCC(O[C@H](C)CCCC)C([N+](=O)[O-])C3)CC2)CC1. The zero-order chi connectivity index (χ0) is 34.6. The molecule has 0 bridgehead atoms. The van der Waals surface area contributed by atoms with Gasteiger partial charge < -0.3 is 18.9 Å². The van der Waals surface area contributed by atoms with Gasteiger partial charge in [0.2, 0.25) is 6.04 Å². The maximum absolute atomic E-state index is 13.1. The molecule has 3 aliphatic carbocycles. The van der Waals surface area contributed by atoms with Gasteiger partial charge in [-0.3, -0.25) is 14.9 Å². The van der Waals surface area contributed by atoms with E-state index < -0.39 is 12.1 Å². The molecule has 9 heteroatoms. The van der Waals surface area contributed by atoms with E-state index in [0.717, 1.165) is 89.6 Å². The van der Waals surface area contributed by atoms with E-state index in [4.69, 9.17) is 18.9 Å². The summed E-state index contributed by atoms with van der Waals surface area (Å²) in [5.74, 6) is 0.877. The highest BCUT2D eigenvalue weighted by Crippen LogP contribution is 2.41. The summed E-state index contributed by atoms with van der Waals surface area (Å²) in [6, 6.07) is -0.809. The number of carbonyl (C=O) groups excluding carboxylic acids is 2. The van der Waals surface area contributed by atoms with E-state index in [2.05, 4.69) is 13.5 Å². The van der Waals surface area contributed by atoms with Crippen molar-refractivity contribution in [2.75, 3.05) is 13.2 Å². The van der Waals surface area contributed by atoms with Gasteiger partial charge >= 0.3 is 11.9 Å². The van der Waals surface area contributed by atoms with Crippen LogP contribution in [0.25, 0.3) is 0 Å². The molecule has 3 unspecified atom stereocenters. The van der Waals surface area contributed by atoms with Crippen LogP contribution in [0.3, 0.4) is 0 Å². The second-order valence-electron chi connectivity index (χ2n) is 14.9. The summed E-state index contributed by atoms with van der Waals surface area (Å²) < 4.78 is 23.2. The van der Waals surface area contributed by atoms with Crippen molar-refractivity contribution in [1.29, 1.82) is 0 Å². The molecule has 0 heterocycles. The number of unbranched alkanes of at least 4 members (excludes halogenated alkanes) is 9. The van der Waals surface area contributed by atoms with E-state index in [-0.39, 0.29) is 41.4 Å². The molecule has 4 atom stereocenters. The lowest BCUT2D eigenvalue weighted by Gasteiger charge is -2.38. The molecule has 0 aliphatic heterocycles. The van der Waals surface area contributed by atoms with Crippen molar-refractivity contribution >= 4 is 11.9 Å². The van der Waals surface area contributed by atoms with Crippen LogP contribution in [0.1, 0.15) is 162 Å². The zero-order valence-corrected chi connectivity index (χ0v) is 30.3. The predicted molar refractivity (Wildman–Crippen MR) is 188 cm³/mol. The molecular formula is C39H67NO8. The summed E-state index contributed by atoms with van der Waals surface area (Å²) in [5.41, 5.74) is 0. The Hall–Kier alpha value is -2.00. The van der Waals surface area contributed by atoms with Crippen LogP contribution in [0.15, 0.2) is 12.7 Å². The minimum Gasteiger partial charge on any atom is -0.463 e. The van der Waals surface area contributed by atoms with Gasteiger partial charge in [-0.15, -0.1) is 0 Å². The largest absolute Gasteiger partial charge is 0.463 e. The molecule has 276 valence electrons. The van der Waals surface area contributed by atoms with Gasteiger partial charge in [0, 0.05) is 17.6 Å². The highest BCUT2D eigenvalue weighted by Gasteiger charge is 2.42. The maximum Gasteiger partial charge on any atom is 0.330 e. The number of hydrogen-bond donors (Lipinski definition) is 0. The van der Waals surface area contributed by atoms with E-state index in [1.54, 1.807) is 0 Å². The van der Waals surface area contributed by atoms with Gasteiger partial charge in [-0.2, -0.15) is 0 Å². The Morgan fingerprint density at radius 3 is 1.94 bits per heavy atom. The lowest BCUT2D eigenvalue weighted by molar-refractivity contribution is -0.542. The van der Waals surface area contributed by atoms with Crippen LogP contribution in [-0.4, -0.2) is 60.5 Å². The zero-order valence-electron chi connectivity index (χ0n) is 30.3. The molecule has 0 saturated heterocycles.